The number of likely N-dealkylation sites (tertiary alicyclic amines) is 1. The molecule has 4 nitrogen and oxygen atoms in total. The molecule has 2 aromatic rings. The molecule has 26 heavy (non-hydrogen) atoms. The Morgan fingerprint density at radius 2 is 1.88 bits per heavy atom. The van der Waals surface area contributed by atoms with Crippen LogP contribution in [0.3, 0.4) is 0 Å². The van der Waals surface area contributed by atoms with Gasteiger partial charge in [-0.25, -0.2) is 0 Å². The zero-order valence-electron chi connectivity index (χ0n) is 14.0. The van der Waals surface area contributed by atoms with Crippen LogP contribution >= 0.6 is 0 Å². The number of pyridine rings is 1. The Morgan fingerprint density at radius 3 is 2.46 bits per heavy atom. The Kier molecular flexibility index (Phi) is 5.27. The summed E-state index contributed by atoms with van der Waals surface area (Å²) in [5.41, 5.74) is 0.666. The zero-order chi connectivity index (χ0) is 18.7. The molecule has 1 aromatic heterocycles. The highest BCUT2D eigenvalue weighted by Gasteiger charge is 2.36. The SMILES string of the molecule is O=C(O)C1CCCCN1C(c1ccc(C(F)(F)F)cc1)c1cccnc1. The van der Waals surface area contributed by atoms with Crippen LogP contribution in [0.1, 0.15) is 42.0 Å². The van der Waals surface area contributed by atoms with E-state index in [0.29, 0.717) is 18.5 Å². The molecule has 0 saturated carbocycles. The molecule has 1 aromatic carbocycles. The van der Waals surface area contributed by atoms with Crippen molar-refractivity contribution in [2.75, 3.05) is 6.54 Å². The first-order valence-corrected chi connectivity index (χ1v) is 8.43. The van der Waals surface area contributed by atoms with Crippen molar-refractivity contribution in [2.45, 2.75) is 37.5 Å². The Balaban J connectivity index is 2.03. The molecule has 1 N–H and O–H groups in total. The number of carboxylic acids is 1. The van der Waals surface area contributed by atoms with Gasteiger partial charge in [0.05, 0.1) is 11.6 Å². The minimum absolute atomic E-state index is 0.451. The highest BCUT2D eigenvalue weighted by molar-refractivity contribution is 5.73. The van der Waals surface area contributed by atoms with Crippen LogP contribution in [0.15, 0.2) is 48.8 Å². The van der Waals surface area contributed by atoms with Crippen molar-refractivity contribution in [1.29, 1.82) is 0 Å². The van der Waals surface area contributed by atoms with E-state index in [2.05, 4.69) is 4.98 Å². The summed E-state index contributed by atoms with van der Waals surface area (Å²) in [5, 5.41) is 9.60. The van der Waals surface area contributed by atoms with Gasteiger partial charge >= 0.3 is 12.1 Å². The number of nitrogens with zero attached hydrogens (tertiary/aromatic N) is 2. The Bertz CT molecular complexity index is 748. The van der Waals surface area contributed by atoms with Gasteiger partial charge in [-0.3, -0.25) is 14.7 Å². The normalized spacial score (nSPS) is 19.9. The van der Waals surface area contributed by atoms with Gasteiger partial charge in [0, 0.05) is 12.4 Å². The lowest BCUT2D eigenvalue weighted by molar-refractivity contribution is -0.145. The predicted molar refractivity (Wildman–Crippen MR) is 89.5 cm³/mol. The average Bonchev–Trinajstić information content (AvgIpc) is 2.63. The lowest BCUT2D eigenvalue weighted by atomic mass is 9.92. The van der Waals surface area contributed by atoms with E-state index in [-0.39, 0.29) is 0 Å². The largest absolute Gasteiger partial charge is 0.480 e. The highest BCUT2D eigenvalue weighted by atomic mass is 19.4. The third-order valence-electron chi connectivity index (χ3n) is 4.71. The summed E-state index contributed by atoms with van der Waals surface area (Å²) in [6.45, 7) is 0.567. The summed E-state index contributed by atoms with van der Waals surface area (Å²) in [4.78, 5) is 17.7. The maximum atomic E-state index is 12.9. The topological polar surface area (TPSA) is 53.4 Å². The minimum atomic E-state index is -4.41. The molecule has 1 aliphatic rings. The van der Waals surface area contributed by atoms with Crippen LogP contribution in [-0.2, 0) is 11.0 Å². The summed E-state index contributed by atoms with van der Waals surface area (Å²) in [6.07, 6.45) is 1.03. The first-order valence-electron chi connectivity index (χ1n) is 8.43. The lowest BCUT2D eigenvalue weighted by Crippen LogP contribution is -2.46. The number of piperidine rings is 1. The van der Waals surface area contributed by atoms with E-state index in [9.17, 15) is 23.1 Å². The van der Waals surface area contributed by atoms with E-state index in [1.165, 1.54) is 12.1 Å². The number of hydrogen-bond acceptors (Lipinski definition) is 3. The van der Waals surface area contributed by atoms with Gasteiger partial charge in [-0.05, 0) is 48.7 Å². The molecule has 0 spiro atoms. The molecule has 2 heterocycles. The van der Waals surface area contributed by atoms with Crippen molar-refractivity contribution in [2.24, 2.45) is 0 Å². The Hall–Kier alpha value is -2.41. The Labute approximate surface area is 149 Å². The van der Waals surface area contributed by atoms with Gasteiger partial charge in [0.15, 0.2) is 0 Å². The van der Waals surface area contributed by atoms with Gasteiger partial charge in [0.1, 0.15) is 6.04 Å². The number of carboxylic acid groups (broad SMARTS) is 1. The number of rotatable bonds is 4. The quantitative estimate of drug-likeness (QED) is 0.886. The van der Waals surface area contributed by atoms with Crippen molar-refractivity contribution in [3.63, 3.8) is 0 Å². The molecule has 1 aliphatic heterocycles. The molecule has 0 amide bonds. The summed E-state index contributed by atoms with van der Waals surface area (Å²) in [6, 6.07) is 7.37. The summed E-state index contributed by atoms with van der Waals surface area (Å²) in [7, 11) is 0. The molecule has 1 fully saturated rings. The maximum Gasteiger partial charge on any atom is 0.416 e. The average molecular weight is 364 g/mol. The third kappa shape index (κ3) is 3.88. The third-order valence-corrected chi connectivity index (χ3v) is 4.71. The van der Waals surface area contributed by atoms with Gasteiger partial charge in [-0.2, -0.15) is 13.2 Å². The van der Waals surface area contributed by atoms with Crippen LogP contribution in [0, 0.1) is 0 Å². The van der Waals surface area contributed by atoms with Gasteiger partial charge < -0.3 is 5.11 Å². The van der Waals surface area contributed by atoms with Gasteiger partial charge in [0.25, 0.3) is 0 Å². The number of hydrogen-bond donors (Lipinski definition) is 1. The van der Waals surface area contributed by atoms with Crippen LogP contribution in [0.2, 0.25) is 0 Å². The fourth-order valence-electron chi connectivity index (χ4n) is 3.50. The summed E-state index contributed by atoms with van der Waals surface area (Å²) < 4.78 is 38.6. The second-order valence-corrected chi connectivity index (χ2v) is 6.40. The molecule has 7 heteroatoms. The number of alkyl halides is 3. The lowest BCUT2D eigenvalue weighted by Gasteiger charge is -2.39. The first kappa shape index (κ1) is 18.4. The summed E-state index contributed by atoms with van der Waals surface area (Å²) in [5.74, 6) is -0.912. The van der Waals surface area contributed by atoms with Crippen LogP contribution < -0.4 is 0 Å². The minimum Gasteiger partial charge on any atom is -0.480 e. The molecule has 0 bridgehead atoms. The fourth-order valence-corrected chi connectivity index (χ4v) is 3.50. The highest BCUT2D eigenvalue weighted by Crippen LogP contribution is 2.36. The predicted octanol–water partition coefficient (Wildman–Crippen LogP) is 4.13. The van der Waals surface area contributed by atoms with Crippen LogP contribution in [-0.4, -0.2) is 33.5 Å². The summed E-state index contributed by atoms with van der Waals surface area (Å²) >= 11 is 0. The van der Waals surface area contributed by atoms with Crippen molar-refractivity contribution in [1.82, 2.24) is 9.88 Å². The smallest absolute Gasteiger partial charge is 0.416 e. The number of benzene rings is 1. The van der Waals surface area contributed by atoms with Gasteiger partial charge in [0.2, 0.25) is 0 Å². The van der Waals surface area contributed by atoms with Gasteiger partial charge in [-0.1, -0.05) is 24.6 Å². The van der Waals surface area contributed by atoms with Crippen LogP contribution in [0.4, 0.5) is 13.2 Å². The Morgan fingerprint density at radius 1 is 1.15 bits per heavy atom. The van der Waals surface area contributed by atoms with E-state index in [4.69, 9.17) is 0 Å². The molecule has 0 radical (unpaired) electrons. The first-order chi connectivity index (χ1) is 12.4. The van der Waals surface area contributed by atoms with Crippen molar-refractivity contribution >= 4 is 5.97 Å². The molecular formula is C19H19F3N2O2. The molecule has 2 atom stereocenters. The van der Waals surface area contributed by atoms with E-state index < -0.39 is 29.8 Å². The number of aliphatic carboxylic acids is 1. The van der Waals surface area contributed by atoms with E-state index in [1.54, 1.807) is 18.5 Å². The van der Waals surface area contributed by atoms with Crippen molar-refractivity contribution < 1.29 is 23.1 Å². The second-order valence-electron chi connectivity index (χ2n) is 6.40. The molecular weight excluding hydrogens is 345 g/mol. The van der Waals surface area contributed by atoms with E-state index >= 15 is 0 Å². The number of halogens is 3. The van der Waals surface area contributed by atoms with Crippen molar-refractivity contribution in [3.8, 4) is 0 Å². The fraction of sp³-hybridized carbons (Fsp3) is 0.368. The second kappa shape index (κ2) is 7.45. The van der Waals surface area contributed by atoms with Gasteiger partial charge in [-0.15, -0.1) is 0 Å². The number of carbonyl (C=O) groups is 1. The molecule has 138 valence electrons. The zero-order valence-corrected chi connectivity index (χ0v) is 14.0. The molecule has 0 aliphatic carbocycles. The maximum absolute atomic E-state index is 12.9. The number of aromatic nitrogens is 1. The molecule has 3 rings (SSSR count). The molecule has 1 saturated heterocycles. The van der Waals surface area contributed by atoms with Crippen molar-refractivity contribution in [3.05, 3.63) is 65.5 Å². The monoisotopic (exact) mass is 364 g/mol. The molecule has 2 unspecified atom stereocenters. The van der Waals surface area contributed by atoms with E-state index in [1.807, 2.05) is 11.0 Å². The van der Waals surface area contributed by atoms with E-state index in [0.717, 1.165) is 30.5 Å². The van der Waals surface area contributed by atoms with Crippen LogP contribution in [0.25, 0.3) is 0 Å². The van der Waals surface area contributed by atoms with Crippen LogP contribution in [0.5, 0.6) is 0 Å². The standard InChI is InChI=1S/C19H19F3N2O2/c20-19(21,22)15-8-6-13(7-9-15)17(14-4-3-10-23-12-14)24-11-2-1-5-16(24)18(25)26/h3-4,6-10,12,16-17H,1-2,5,11H2,(H,25,26).